The zero-order valence-corrected chi connectivity index (χ0v) is 9.99. The fourth-order valence-corrected chi connectivity index (χ4v) is 1.27. The second kappa shape index (κ2) is 5.70. The lowest BCUT2D eigenvalue weighted by Gasteiger charge is -2.18. The molecule has 0 radical (unpaired) electrons. The van der Waals surface area contributed by atoms with E-state index in [0.29, 0.717) is 5.76 Å². The maximum absolute atomic E-state index is 11.7. The number of aliphatic hydroxyl groups is 1. The fraction of sp³-hybridized carbons (Fsp3) is 0.583. The second-order valence-electron chi connectivity index (χ2n) is 4.04. The van der Waals surface area contributed by atoms with E-state index in [1.807, 2.05) is 20.8 Å². The van der Waals surface area contributed by atoms with Gasteiger partial charge < -0.3 is 14.8 Å². The van der Waals surface area contributed by atoms with Crippen LogP contribution in [-0.4, -0.2) is 23.7 Å². The highest BCUT2D eigenvalue weighted by Gasteiger charge is 2.17. The number of hydrogen-bond acceptors (Lipinski definition) is 3. The third-order valence-electron chi connectivity index (χ3n) is 2.73. The van der Waals surface area contributed by atoms with Crippen LogP contribution >= 0.6 is 0 Å². The van der Waals surface area contributed by atoms with Crippen LogP contribution in [0.25, 0.3) is 0 Å². The van der Waals surface area contributed by atoms with Crippen molar-refractivity contribution in [3.63, 3.8) is 0 Å². The van der Waals surface area contributed by atoms with Crippen LogP contribution < -0.4 is 5.32 Å². The van der Waals surface area contributed by atoms with Crippen LogP contribution in [0.1, 0.15) is 37.1 Å². The molecule has 1 amide bonds. The van der Waals surface area contributed by atoms with E-state index in [-0.39, 0.29) is 24.5 Å². The summed E-state index contributed by atoms with van der Waals surface area (Å²) in [7, 11) is 0. The molecule has 0 aliphatic carbocycles. The van der Waals surface area contributed by atoms with Crippen molar-refractivity contribution in [3.05, 3.63) is 23.7 Å². The summed E-state index contributed by atoms with van der Waals surface area (Å²) >= 11 is 0. The molecule has 1 aromatic rings. The molecule has 0 aliphatic heterocycles. The van der Waals surface area contributed by atoms with Gasteiger partial charge in [-0.05, 0) is 25.0 Å². The van der Waals surface area contributed by atoms with Crippen LogP contribution in [0.5, 0.6) is 0 Å². The van der Waals surface area contributed by atoms with Gasteiger partial charge in [-0.25, -0.2) is 0 Å². The predicted molar refractivity (Wildman–Crippen MR) is 61.3 cm³/mol. The Bertz CT molecular complexity index is 346. The Balaban J connectivity index is 2.58. The molecule has 4 heteroatoms. The van der Waals surface area contributed by atoms with E-state index in [2.05, 4.69) is 5.32 Å². The summed E-state index contributed by atoms with van der Waals surface area (Å²) in [6, 6.07) is 3.40. The van der Waals surface area contributed by atoms with Gasteiger partial charge in [-0.15, -0.1) is 0 Å². The topological polar surface area (TPSA) is 62.5 Å². The Labute approximate surface area is 95.7 Å². The van der Waals surface area contributed by atoms with Crippen LogP contribution in [0, 0.1) is 5.92 Å². The van der Waals surface area contributed by atoms with Gasteiger partial charge in [-0.1, -0.05) is 13.8 Å². The molecule has 4 nitrogen and oxygen atoms in total. The summed E-state index contributed by atoms with van der Waals surface area (Å²) in [6.07, 6.45) is 0.774. The van der Waals surface area contributed by atoms with Crippen molar-refractivity contribution < 1.29 is 14.3 Å². The van der Waals surface area contributed by atoms with Gasteiger partial charge in [0.25, 0.3) is 5.91 Å². The maximum Gasteiger partial charge on any atom is 0.287 e. The number of hydrogen-bond donors (Lipinski definition) is 2. The van der Waals surface area contributed by atoms with Gasteiger partial charge in [0, 0.05) is 19.1 Å². The minimum atomic E-state index is -0.229. The lowest BCUT2D eigenvalue weighted by molar-refractivity contribution is 0.0886. The first kappa shape index (κ1) is 12.8. The molecule has 0 aliphatic rings. The smallest absolute Gasteiger partial charge is 0.287 e. The van der Waals surface area contributed by atoms with Crippen LogP contribution in [0.4, 0.5) is 0 Å². The van der Waals surface area contributed by atoms with Crippen molar-refractivity contribution in [2.75, 3.05) is 6.61 Å². The first-order valence-corrected chi connectivity index (χ1v) is 5.58. The summed E-state index contributed by atoms with van der Waals surface area (Å²) < 4.78 is 5.33. The molecule has 0 aromatic carbocycles. The zero-order chi connectivity index (χ0) is 12.1. The zero-order valence-electron chi connectivity index (χ0n) is 9.99. The predicted octanol–water partition coefficient (Wildman–Crippen LogP) is 1.59. The molecular weight excluding hydrogens is 206 g/mol. The lowest BCUT2D eigenvalue weighted by atomic mass is 10.1. The van der Waals surface area contributed by atoms with Crippen molar-refractivity contribution in [2.24, 2.45) is 5.92 Å². The van der Waals surface area contributed by atoms with E-state index in [4.69, 9.17) is 9.52 Å². The van der Waals surface area contributed by atoms with Gasteiger partial charge in [0.05, 0.1) is 0 Å². The Morgan fingerprint density at radius 1 is 1.50 bits per heavy atom. The number of furan rings is 1. The molecule has 2 unspecified atom stereocenters. The van der Waals surface area contributed by atoms with Crippen LogP contribution in [0.2, 0.25) is 0 Å². The second-order valence-corrected chi connectivity index (χ2v) is 4.04. The van der Waals surface area contributed by atoms with Crippen molar-refractivity contribution >= 4 is 5.91 Å². The van der Waals surface area contributed by atoms with Crippen molar-refractivity contribution in [2.45, 2.75) is 33.2 Å². The third-order valence-corrected chi connectivity index (χ3v) is 2.73. The summed E-state index contributed by atoms with van der Waals surface area (Å²) in [5.41, 5.74) is 0. The molecule has 0 saturated carbocycles. The average Bonchev–Trinajstić information content (AvgIpc) is 2.76. The molecule has 1 heterocycles. The Morgan fingerprint density at radius 2 is 2.19 bits per heavy atom. The molecule has 90 valence electrons. The molecule has 1 rings (SSSR count). The van der Waals surface area contributed by atoms with Crippen LogP contribution in [0.3, 0.4) is 0 Å². The van der Waals surface area contributed by atoms with Gasteiger partial charge >= 0.3 is 0 Å². The SMILES string of the molecule is CCc1ccc(C(=O)NC(C)C(C)CO)o1. The van der Waals surface area contributed by atoms with Gasteiger partial charge in [0.15, 0.2) is 5.76 Å². The van der Waals surface area contributed by atoms with Crippen molar-refractivity contribution in [3.8, 4) is 0 Å². The van der Waals surface area contributed by atoms with Crippen LogP contribution in [0.15, 0.2) is 16.5 Å². The Morgan fingerprint density at radius 3 is 2.69 bits per heavy atom. The number of rotatable bonds is 5. The van der Waals surface area contributed by atoms with Gasteiger partial charge in [0.2, 0.25) is 0 Å². The van der Waals surface area contributed by atoms with E-state index in [1.54, 1.807) is 12.1 Å². The first-order chi connectivity index (χ1) is 7.58. The molecule has 16 heavy (non-hydrogen) atoms. The summed E-state index contributed by atoms with van der Waals surface area (Å²) in [4.78, 5) is 11.7. The minimum absolute atomic E-state index is 0.0320. The Kier molecular flexibility index (Phi) is 4.55. The molecular formula is C12H19NO3. The molecule has 0 saturated heterocycles. The van der Waals surface area contributed by atoms with Gasteiger partial charge in [-0.2, -0.15) is 0 Å². The highest BCUT2D eigenvalue weighted by molar-refractivity contribution is 5.91. The Hall–Kier alpha value is -1.29. The molecule has 2 N–H and O–H groups in total. The maximum atomic E-state index is 11.7. The van der Waals surface area contributed by atoms with Gasteiger partial charge in [0.1, 0.15) is 5.76 Å². The van der Waals surface area contributed by atoms with Gasteiger partial charge in [-0.3, -0.25) is 4.79 Å². The summed E-state index contributed by atoms with van der Waals surface area (Å²) in [5, 5.41) is 11.7. The van der Waals surface area contributed by atoms with Crippen LogP contribution in [-0.2, 0) is 6.42 Å². The first-order valence-electron chi connectivity index (χ1n) is 5.58. The summed E-state index contributed by atoms with van der Waals surface area (Å²) in [5.74, 6) is 0.930. The molecule has 0 spiro atoms. The number of carbonyl (C=O) groups is 1. The fourth-order valence-electron chi connectivity index (χ4n) is 1.27. The molecule has 2 atom stereocenters. The highest BCUT2D eigenvalue weighted by atomic mass is 16.3. The quantitative estimate of drug-likeness (QED) is 0.800. The minimum Gasteiger partial charge on any atom is -0.456 e. The van der Waals surface area contributed by atoms with E-state index in [1.165, 1.54) is 0 Å². The standard InChI is InChI=1S/C12H19NO3/c1-4-10-5-6-11(16-10)12(15)13-9(3)8(2)7-14/h5-6,8-9,14H,4,7H2,1-3H3,(H,13,15). The van der Waals surface area contributed by atoms with E-state index in [0.717, 1.165) is 12.2 Å². The monoisotopic (exact) mass is 225 g/mol. The lowest BCUT2D eigenvalue weighted by Crippen LogP contribution is -2.38. The molecule has 1 aromatic heterocycles. The number of aliphatic hydroxyl groups excluding tert-OH is 1. The average molecular weight is 225 g/mol. The molecule has 0 bridgehead atoms. The number of nitrogens with one attached hydrogen (secondary N) is 1. The number of aryl methyl sites for hydroxylation is 1. The van der Waals surface area contributed by atoms with Crippen molar-refractivity contribution in [1.29, 1.82) is 0 Å². The van der Waals surface area contributed by atoms with E-state index in [9.17, 15) is 4.79 Å². The molecule has 0 fully saturated rings. The van der Waals surface area contributed by atoms with E-state index < -0.39 is 0 Å². The third kappa shape index (κ3) is 3.10. The normalized spacial score (nSPS) is 14.5. The number of carbonyl (C=O) groups excluding carboxylic acids is 1. The van der Waals surface area contributed by atoms with Crippen molar-refractivity contribution in [1.82, 2.24) is 5.32 Å². The largest absolute Gasteiger partial charge is 0.456 e. The number of amides is 1. The highest BCUT2D eigenvalue weighted by Crippen LogP contribution is 2.09. The van der Waals surface area contributed by atoms with E-state index >= 15 is 0 Å². The summed E-state index contributed by atoms with van der Waals surface area (Å²) in [6.45, 7) is 5.77.